The molecule has 1 fully saturated rings. The molecular weight excluding hydrogens is 381 g/mol. The van der Waals surface area contributed by atoms with Crippen LogP contribution in [0.5, 0.6) is 0 Å². The van der Waals surface area contributed by atoms with E-state index in [1.54, 1.807) is 18.6 Å². The molecule has 0 spiro atoms. The fourth-order valence-corrected chi connectivity index (χ4v) is 4.38. The minimum atomic E-state index is -3.71. The fourth-order valence-electron chi connectivity index (χ4n) is 3.12. The number of nitrogens with zero attached hydrogens (tertiary/aromatic N) is 4. The molecule has 1 unspecified atom stereocenters. The Morgan fingerprint density at radius 3 is 2.68 bits per heavy atom. The maximum atomic E-state index is 13.0. The zero-order chi connectivity index (χ0) is 19.6. The molecule has 7 nitrogen and oxygen atoms in total. The number of rotatable bonds is 5. The summed E-state index contributed by atoms with van der Waals surface area (Å²) in [4.78, 5) is 15.0. The summed E-state index contributed by atoms with van der Waals surface area (Å²) in [7, 11) is -3.71. The third-order valence-corrected chi connectivity index (χ3v) is 6.05. The molecule has 1 atom stereocenters. The lowest BCUT2D eigenvalue weighted by Gasteiger charge is -2.17. The summed E-state index contributed by atoms with van der Waals surface area (Å²) in [5.74, 6) is 0.0708. The molecule has 1 saturated heterocycles. The average molecular weight is 399 g/mol. The minimum absolute atomic E-state index is 0.0437. The Morgan fingerprint density at radius 2 is 1.93 bits per heavy atom. The topological polar surface area (TPSA) is 88.1 Å². The molecule has 3 aromatic rings. The molecule has 1 aromatic carbocycles. The third-order valence-electron chi connectivity index (χ3n) is 4.52. The van der Waals surface area contributed by atoms with E-state index in [-0.39, 0.29) is 10.9 Å². The van der Waals surface area contributed by atoms with E-state index in [2.05, 4.69) is 19.7 Å². The Balaban J connectivity index is 1.47. The van der Waals surface area contributed by atoms with Crippen molar-refractivity contribution in [3.05, 3.63) is 66.9 Å². The van der Waals surface area contributed by atoms with E-state index < -0.39 is 15.8 Å². The first kappa shape index (κ1) is 18.5. The molecule has 9 heteroatoms. The second-order valence-electron chi connectivity index (χ2n) is 6.49. The number of hydrogen-bond donors (Lipinski definition) is 1. The van der Waals surface area contributed by atoms with Gasteiger partial charge in [-0.2, -0.15) is 0 Å². The van der Waals surface area contributed by atoms with Crippen LogP contribution < -0.4 is 9.62 Å². The monoisotopic (exact) mass is 399 g/mol. The highest BCUT2D eigenvalue weighted by Crippen LogP contribution is 2.22. The quantitative estimate of drug-likeness (QED) is 0.708. The van der Waals surface area contributed by atoms with Gasteiger partial charge in [-0.3, -0.25) is 4.98 Å². The molecule has 1 N–H and O–H groups in total. The van der Waals surface area contributed by atoms with Crippen molar-refractivity contribution in [3.8, 4) is 11.3 Å². The van der Waals surface area contributed by atoms with Gasteiger partial charge in [-0.05, 0) is 48.9 Å². The van der Waals surface area contributed by atoms with Crippen molar-refractivity contribution in [1.82, 2.24) is 19.7 Å². The molecule has 0 bridgehead atoms. The molecule has 2 aromatic heterocycles. The van der Waals surface area contributed by atoms with Gasteiger partial charge in [0.2, 0.25) is 16.0 Å². The summed E-state index contributed by atoms with van der Waals surface area (Å²) in [6.07, 6.45) is 5.74. The first-order valence-electron chi connectivity index (χ1n) is 8.77. The number of hydrogen-bond acceptors (Lipinski definition) is 6. The number of pyridine rings is 1. The van der Waals surface area contributed by atoms with E-state index in [0.29, 0.717) is 25.5 Å². The number of nitrogens with one attached hydrogen (secondary N) is 1. The van der Waals surface area contributed by atoms with Gasteiger partial charge in [-0.25, -0.2) is 27.5 Å². The van der Waals surface area contributed by atoms with Crippen molar-refractivity contribution in [1.29, 1.82) is 0 Å². The highest BCUT2D eigenvalue weighted by Gasteiger charge is 2.28. The Morgan fingerprint density at radius 1 is 1.11 bits per heavy atom. The average Bonchev–Trinajstić information content (AvgIpc) is 3.17. The van der Waals surface area contributed by atoms with Gasteiger partial charge in [-0.1, -0.05) is 0 Å². The highest BCUT2D eigenvalue weighted by atomic mass is 32.2. The second-order valence-corrected chi connectivity index (χ2v) is 8.20. The van der Waals surface area contributed by atoms with Crippen LogP contribution in [-0.4, -0.2) is 42.5 Å². The van der Waals surface area contributed by atoms with Crippen LogP contribution >= 0.6 is 0 Å². The van der Waals surface area contributed by atoms with Crippen LogP contribution in [0, 0.1) is 5.82 Å². The first-order valence-corrected chi connectivity index (χ1v) is 10.3. The summed E-state index contributed by atoms with van der Waals surface area (Å²) < 4.78 is 40.7. The highest BCUT2D eigenvalue weighted by molar-refractivity contribution is 7.89. The molecule has 1 aliphatic rings. The largest absolute Gasteiger partial charge is 0.339 e. The van der Waals surface area contributed by atoms with Gasteiger partial charge in [-0.15, -0.1) is 0 Å². The molecule has 4 rings (SSSR count). The van der Waals surface area contributed by atoms with Gasteiger partial charge in [0.05, 0.1) is 10.6 Å². The number of benzene rings is 1. The molecule has 0 saturated carbocycles. The number of anilines is 1. The summed E-state index contributed by atoms with van der Waals surface area (Å²) in [5.41, 5.74) is 1.65. The summed E-state index contributed by atoms with van der Waals surface area (Å²) in [6.45, 7) is 1.09. The maximum Gasteiger partial charge on any atom is 0.240 e. The van der Waals surface area contributed by atoms with Gasteiger partial charge < -0.3 is 4.90 Å². The zero-order valence-electron chi connectivity index (χ0n) is 14.9. The van der Waals surface area contributed by atoms with E-state index in [1.165, 1.54) is 12.1 Å². The minimum Gasteiger partial charge on any atom is -0.339 e. The smallest absolute Gasteiger partial charge is 0.240 e. The first-order chi connectivity index (χ1) is 13.5. The molecule has 0 amide bonds. The summed E-state index contributed by atoms with van der Waals surface area (Å²) >= 11 is 0. The van der Waals surface area contributed by atoms with E-state index in [4.69, 9.17) is 0 Å². The van der Waals surface area contributed by atoms with Gasteiger partial charge in [0.15, 0.2) is 0 Å². The number of sulfonamides is 1. The van der Waals surface area contributed by atoms with Crippen LogP contribution in [0.25, 0.3) is 11.3 Å². The van der Waals surface area contributed by atoms with Crippen LogP contribution in [0.3, 0.4) is 0 Å². The predicted molar refractivity (Wildman–Crippen MR) is 103 cm³/mol. The van der Waals surface area contributed by atoms with E-state index in [9.17, 15) is 12.8 Å². The molecule has 0 aliphatic carbocycles. The normalized spacial score (nSPS) is 17.0. The molecular formula is C19H18FN5O2S. The molecule has 144 valence electrons. The Bertz CT molecular complexity index is 1060. The van der Waals surface area contributed by atoms with Gasteiger partial charge in [0.1, 0.15) is 5.82 Å². The lowest BCUT2D eigenvalue weighted by atomic mass is 10.2. The Labute approximate surface area is 162 Å². The van der Waals surface area contributed by atoms with Crippen LogP contribution in [0.1, 0.15) is 6.42 Å². The second kappa shape index (κ2) is 7.61. The van der Waals surface area contributed by atoms with Crippen LogP contribution in [-0.2, 0) is 10.0 Å². The summed E-state index contributed by atoms with van der Waals surface area (Å²) in [5, 5.41) is 0. The maximum absolute atomic E-state index is 13.0. The van der Waals surface area contributed by atoms with Crippen molar-refractivity contribution < 1.29 is 12.8 Å². The lowest BCUT2D eigenvalue weighted by Crippen LogP contribution is -2.37. The third kappa shape index (κ3) is 4.00. The molecule has 28 heavy (non-hydrogen) atoms. The van der Waals surface area contributed by atoms with Crippen LogP contribution in [0.4, 0.5) is 10.3 Å². The standard InChI is InChI=1S/C19H18FN5O2S/c20-15-3-5-17(6-4-15)28(26,27)24-16-8-11-25(13-16)19-22-10-7-18(23-19)14-2-1-9-21-12-14/h1-7,9-10,12,16,24H,8,11,13H2. The van der Waals surface area contributed by atoms with E-state index in [0.717, 1.165) is 23.4 Å². The van der Waals surface area contributed by atoms with Crippen LogP contribution in [0.15, 0.2) is 66.0 Å². The number of halogens is 1. The summed E-state index contributed by atoms with van der Waals surface area (Å²) in [6, 6.07) is 10.1. The van der Waals surface area contributed by atoms with Crippen molar-refractivity contribution in [2.24, 2.45) is 0 Å². The van der Waals surface area contributed by atoms with Crippen molar-refractivity contribution in [2.75, 3.05) is 18.0 Å². The van der Waals surface area contributed by atoms with Crippen molar-refractivity contribution in [3.63, 3.8) is 0 Å². The fraction of sp³-hybridized carbons (Fsp3) is 0.211. The Hall–Kier alpha value is -2.91. The molecule has 0 radical (unpaired) electrons. The number of aromatic nitrogens is 3. The van der Waals surface area contributed by atoms with E-state index in [1.807, 2.05) is 23.1 Å². The zero-order valence-corrected chi connectivity index (χ0v) is 15.7. The van der Waals surface area contributed by atoms with Crippen LogP contribution in [0.2, 0.25) is 0 Å². The molecule has 3 heterocycles. The predicted octanol–water partition coefficient (Wildman–Crippen LogP) is 2.23. The SMILES string of the molecule is O=S(=O)(NC1CCN(c2nccc(-c3cccnc3)n2)C1)c1ccc(F)cc1. The molecule has 1 aliphatic heterocycles. The van der Waals surface area contributed by atoms with E-state index >= 15 is 0 Å². The Kier molecular flexibility index (Phi) is 5.01. The lowest BCUT2D eigenvalue weighted by molar-refractivity contribution is 0.560. The van der Waals surface area contributed by atoms with Crippen molar-refractivity contribution >= 4 is 16.0 Å². The van der Waals surface area contributed by atoms with Gasteiger partial charge in [0, 0.05) is 43.3 Å². The van der Waals surface area contributed by atoms with Crippen molar-refractivity contribution in [2.45, 2.75) is 17.4 Å². The van der Waals surface area contributed by atoms with Gasteiger partial charge >= 0.3 is 0 Å². The van der Waals surface area contributed by atoms with Gasteiger partial charge in [0.25, 0.3) is 0 Å².